The van der Waals surface area contributed by atoms with Crippen LogP contribution < -0.4 is 30.7 Å². The molecule has 306 valence electrons. The number of amides is 5. The third-order valence-corrected chi connectivity index (χ3v) is 11.3. The fourth-order valence-corrected chi connectivity index (χ4v) is 8.15. The van der Waals surface area contributed by atoms with E-state index in [1.807, 2.05) is 33.8 Å². The largest absolute Gasteiger partial charge is 0.497 e. The van der Waals surface area contributed by atoms with Crippen LogP contribution in [0, 0.1) is 11.3 Å². The van der Waals surface area contributed by atoms with E-state index in [1.54, 1.807) is 36.8 Å². The molecule has 0 spiro atoms. The molecule has 0 radical (unpaired) electrons. The summed E-state index contributed by atoms with van der Waals surface area (Å²) in [6.07, 6.45) is 3.78. The monoisotopic (exact) mass is 805 g/mol. The summed E-state index contributed by atoms with van der Waals surface area (Å²) in [7, 11) is 2.80. The van der Waals surface area contributed by atoms with Gasteiger partial charge in [-0.05, 0) is 56.6 Å². The van der Waals surface area contributed by atoms with Gasteiger partial charge in [-0.2, -0.15) is 0 Å². The summed E-state index contributed by atoms with van der Waals surface area (Å²) < 4.78 is 22.9. The van der Waals surface area contributed by atoms with Gasteiger partial charge in [-0.3, -0.25) is 14.9 Å². The van der Waals surface area contributed by atoms with E-state index in [2.05, 4.69) is 32.8 Å². The van der Waals surface area contributed by atoms with Crippen molar-refractivity contribution >= 4 is 57.3 Å². The summed E-state index contributed by atoms with van der Waals surface area (Å²) in [4.78, 5) is 78.0. The summed E-state index contributed by atoms with van der Waals surface area (Å²) in [5, 5.41) is 13.9. The number of carbonyl (C=O) groups is 5. The first-order valence-corrected chi connectivity index (χ1v) is 20.0. The number of methoxy groups -OCH3 is 2. The zero-order valence-electron chi connectivity index (χ0n) is 33.1. The van der Waals surface area contributed by atoms with Gasteiger partial charge >= 0.3 is 18.1 Å². The number of esters is 1. The van der Waals surface area contributed by atoms with Crippen LogP contribution in [0.15, 0.2) is 42.3 Å². The van der Waals surface area contributed by atoms with Crippen molar-refractivity contribution in [3.63, 3.8) is 0 Å². The van der Waals surface area contributed by atoms with Crippen molar-refractivity contribution in [3.05, 3.63) is 42.3 Å². The van der Waals surface area contributed by atoms with Gasteiger partial charge in [-0.15, -0.1) is 17.9 Å². The Morgan fingerprint density at radius 3 is 2.47 bits per heavy atom. The van der Waals surface area contributed by atoms with Crippen molar-refractivity contribution in [3.8, 4) is 22.9 Å². The summed E-state index contributed by atoms with van der Waals surface area (Å²) in [5.41, 5.74) is -0.609. The lowest BCUT2D eigenvalue weighted by atomic mass is 9.85. The third kappa shape index (κ3) is 9.08. The van der Waals surface area contributed by atoms with Gasteiger partial charge in [0.05, 0.1) is 32.0 Å². The molecular weight excluding hydrogens is 755 g/mol. The Morgan fingerprint density at radius 2 is 1.82 bits per heavy atom. The SMILES string of the molecule is C=CC1CC1(NC(=O)C1CC(Oc2cc(-c3csc(NC(=O)NCC)n3)nc3cc(OC)ccc23)CN1C(=O)C(NC(=O)OC1CCCC1)C(C)(C)C)C(=O)OC. The summed E-state index contributed by atoms with van der Waals surface area (Å²) >= 11 is 1.23. The fraction of sp³-hybridized carbons (Fsp3) is 0.525. The Kier molecular flexibility index (Phi) is 12.3. The molecule has 2 aliphatic carbocycles. The highest BCUT2D eigenvalue weighted by atomic mass is 32.1. The van der Waals surface area contributed by atoms with Crippen molar-refractivity contribution in [2.75, 3.05) is 32.6 Å². The first kappa shape index (κ1) is 41.2. The molecule has 5 atom stereocenters. The van der Waals surface area contributed by atoms with E-state index >= 15 is 0 Å². The maximum absolute atomic E-state index is 14.7. The lowest BCUT2D eigenvalue weighted by molar-refractivity contribution is -0.148. The number of anilines is 1. The van der Waals surface area contributed by atoms with Crippen LogP contribution in [-0.4, -0.2) is 102 Å². The molecule has 5 unspecified atom stereocenters. The number of carbonyl (C=O) groups excluding carboxylic acids is 5. The van der Waals surface area contributed by atoms with E-state index in [0.29, 0.717) is 51.9 Å². The second-order valence-electron chi connectivity index (χ2n) is 15.6. The number of nitrogens with zero attached hydrogens (tertiary/aromatic N) is 3. The van der Waals surface area contributed by atoms with Crippen molar-refractivity contribution in [2.45, 2.75) is 96.1 Å². The molecule has 2 saturated carbocycles. The molecule has 3 aliphatic rings. The topological polar surface area (TPSA) is 199 Å². The predicted molar refractivity (Wildman–Crippen MR) is 213 cm³/mol. The van der Waals surface area contributed by atoms with Gasteiger partial charge in [-0.1, -0.05) is 26.8 Å². The van der Waals surface area contributed by atoms with E-state index in [-0.39, 0.29) is 31.0 Å². The minimum absolute atomic E-state index is 0.0222. The van der Waals surface area contributed by atoms with Gasteiger partial charge in [0.25, 0.3) is 0 Å². The number of rotatable bonds is 13. The average Bonchev–Trinajstić information content (AvgIpc) is 3.60. The first-order valence-electron chi connectivity index (χ1n) is 19.2. The molecule has 1 aromatic carbocycles. The first-order chi connectivity index (χ1) is 27.2. The normalized spacial score (nSPS) is 22.3. The number of benzene rings is 1. The van der Waals surface area contributed by atoms with E-state index in [0.717, 1.165) is 25.7 Å². The number of likely N-dealkylation sites (tertiary alicyclic amines) is 1. The molecule has 2 aromatic heterocycles. The van der Waals surface area contributed by atoms with Crippen molar-refractivity contribution in [1.29, 1.82) is 0 Å². The number of nitrogens with one attached hydrogen (secondary N) is 4. The molecule has 17 heteroatoms. The number of fused-ring (bicyclic) bond motifs is 1. The third-order valence-electron chi connectivity index (χ3n) is 10.6. The highest BCUT2D eigenvalue weighted by Crippen LogP contribution is 2.46. The molecule has 16 nitrogen and oxygen atoms in total. The summed E-state index contributed by atoms with van der Waals surface area (Å²) in [5.74, 6) is -1.04. The number of urea groups is 1. The van der Waals surface area contributed by atoms with Gasteiger partial charge in [0.15, 0.2) is 5.13 Å². The van der Waals surface area contributed by atoms with Crippen LogP contribution in [0.3, 0.4) is 0 Å². The molecule has 4 N–H and O–H groups in total. The van der Waals surface area contributed by atoms with E-state index in [1.165, 1.54) is 23.3 Å². The van der Waals surface area contributed by atoms with Crippen LogP contribution in [0.4, 0.5) is 14.7 Å². The molecule has 57 heavy (non-hydrogen) atoms. The second kappa shape index (κ2) is 17.0. The molecule has 3 fully saturated rings. The number of ether oxygens (including phenoxy) is 4. The standard InChI is InChI=1S/C40H51N7O9S/c1-8-22-19-40(22,35(50)54-7)46-33(48)30-17-25(20-47(30)34(49)32(39(3,4)5)44-38(52)56-23-12-10-11-13-23)55-31-18-28(42-27-16-24(53-6)14-15-26(27)31)29-21-57-37(43-29)45-36(51)41-9-2/h8,14-16,18,21-23,25,30,32H,1,9-13,17,19-20H2,2-7H3,(H,44,52)(H,46,48)(H2,41,43,45,51). The Bertz CT molecular complexity index is 2030. The number of aromatic nitrogens is 2. The Morgan fingerprint density at radius 1 is 1.07 bits per heavy atom. The highest BCUT2D eigenvalue weighted by Gasteiger charge is 2.62. The highest BCUT2D eigenvalue weighted by molar-refractivity contribution is 7.14. The smallest absolute Gasteiger partial charge is 0.408 e. The van der Waals surface area contributed by atoms with Gasteiger partial charge in [0, 0.05) is 41.8 Å². The van der Waals surface area contributed by atoms with Crippen LogP contribution in [0.5, 0.6) is 11.5 Å². The maximum Gasteiger partial charge on any atom is 0.408 e. The average molecular weight is 806 g/mol. The van der Waals surface area contributed by atoms with E-state index in [4.69, 9.17) is 23.9 Å². The van der Waals surface area contributed by atoms with E-state index < -0.39 is 53.0 Å². The number of pyridine rings is 1. The maximum atomic E-state index is 14.7. The van der Waals surface area contributed by atoms with Crippen LogP contribution in [0.1, 0.15) is 66.2 Å². The van der Waals surface area contributed by atoms with Crippen molar-refractivity contribution < 1.29 is 42.9 Å². The zero-order chi connectivity index (χ0) is 41.1. The lowest BCUT2D eigenvalue weighted by Gasteiger charge is -2.35. The molecule has 1 saturated heterocycles. The molecule has 0 bridgehead atoms. The predicted octanol–water partition coefficient (Wildman–Crippen LogP) is 5.17. The number of alkyl carbamates (subject to hydrolysis) is 1. The molecule has 1 aliphatic heterocycles. The molecule has 3 aromatic rings. The summed E-state index contributed by atoms with van der Waals surface area (Å²) in [6.45, 7) is 11.5. The minimum Gasteiger partial charge on any atom is -0.497 e. The van der Waals surface area contributed by atoms with Crippen LogP contribution in [-0.2, 0) is 23.9 Å². The van der Waals surface area contributed by atoms with E-state index in [9.17, 15) is 24.0 Å². The van der Waals surface area contributed by atoms with Gasteiger partial charge < -0.3 is 39.8 Å². The molecule has 6 rings (SSSR count). The lowest BCUT2D eigenvalue weighted by Crippen LogP contribution is -2.59. The second-order valence-corrected chi connectivity index (χ2v) is 16.5. The fourth-order valence-electron chi connectivity index (χ4n) is 7.45. The summed E-state index contributed by atoms with van der Waals surface area (Å²) in [6, 6.07) is 4.54. The van der Waals surface area contributed by atoms with Crippen LogP contribution in [0.25, 0.3) is 22.3 Å². The molecule has 3 heterocycles. The van der Waals surface area contributed by atoms with Crippen LogP contribution in [0.2, 0.25) is 0 Å². The number of thiazole rings is 1. The minimum atomic E-state index is -1.30. The van der Waals surface area contributed by atoms with Crippen LogP contribution >= 0.6 is 11.3 Å². The Balaban J connectivity index is 1.32. The quantitative estimate of drug-likeness (QED) is 0.131. The van der Waals surface area contributed by atoms with Crippen molar-refractivity contribution in [2.24, 2.45) is 11.3 Å². The van der Waals surface area contributed by atoms with Gasteiger partial charge in [-0.25, -0.2) is 24.4 Å². The number of hydrogen-bond donors (Lipinski definition) is 4. The van der Waals surface area contributed by atoms with Gasteiger partial charge in [0.1, 0.15) is 47.0 Å². The zero-order valence-corrected chi connectivity index (χ0v) is 34.0. The Hall–Kier alpha value is -5.45. The molecular formula is C40H51N7O9S. The van der Waals surface area contributed by atoms with Gasteiger partial charge in [0.2, 0.25) is 11.8 Å². The Labute approximate surface area is 335 Å². The van der Waals surface area contributed by atoms with Crippen molar-refractivity contribution in [1.82, 2.24) is 30.8 Å². The molecule has 5 amide bonds. The number of hydrogen-bond acceptors (Lipinski definition) is 12.